The van der Waals surface area contributed by atoms with Gasteiger partial charge in [-0.2, -0.15) is 0 Å². The van der Waals surface area contributed by atoms with E-state index in [9.17, 15) is 9.59 Å². The maximum atomic E-state index is 12.4. The Morgan fingerprint density at radius 2 is 2.17 bits per heavy atom. The molecule has 128 valence electrons. The molecule has 6 heteroatoms. The molecule has 0 aromatic carbocycles. The van der Waals surface area contributed by atoms with Crippen LogP contribution in [0, 0.1) is 5.92 Å². The Morgan fingerprint density at radius 1 is 1.33 bits per heavy atom. The number of piperidine rings is 1. The number of hydrogen-bond acceptors (Lipinski definition) is 4. The van der Waals surface area contributed by atoms with Gasteiger partial charge in [-0.3, -0.25) is 9.59 Å². The van der Waals surface area contributed by atoms with Gasteiger partial charge in [-0.15, -0.1) is 11.3 Å². The van der Waals surface area contributed by atoms with Crippen LogP contribution >= 0.6 is 11.3 Å². The number of likely N-dealkylation sites (tertiary alicyclic amines) is 1. The minimum atomic E-state index is -0.150. The molecule has 1 aliphatic heterocycles. The van der Waals surface area contributed by atoms with Crippen molar-refractivity contribution in [3.05, 3.63) is 46.0 Å². The monoisotopic (exact) mass is 346 g/mol. The van der Waals surface area contributed by atoms with Crippen molar-refractivity contribution in [2.24, 2.45) is 5.92 Å². The van der Waals surface area contributed by atoms with Gasteiger partial charge in [0.15, 0.2) is 5.76 Å². The normalized spacial score (nSPS) is 17.7. The lowest BCUT2D eigenvalue weighted by atomic mass is 9.97. The van der Waals surface area contributed by atoms with Crippen molar-refractivity contribution in [1.29, 1.82) is 0 Å². The third-order valence-electron chi connectivity index (χ3n) is 4.31. The molecule has 0 bridgehead atoms. The maximum absolute atomic E-state index is 12.4. The number of aryl methyl sites for hydroxylation is 1. The molecular formula is C18H22N2O3S. The van der Waals surface area contributed by atoms with Crippen LogP contribution in [0.4, 0.5) is 0 Å². The molecular weight excluding hydrogens is 324 g/mol. The summed E-state index contributed by atoms with van der Waals surface area (Å²) in [6.07, 6.45) is 4.17. The number of nitrogens with one attached hydrogen (secondary N) is 1. The van der Waals surface area contributed by atoms with Crippen molar-refractivity contribution in [2.75, 3.05) is 13.1 Å². The van der Waals surface area contributed by atoms with Gasteiger partial charge < -0.3 is 14.6 Å². The van der Waals surface area contributed by atoms with Crippen molar-refractivity contribution >= 4 is 23.2 Å². The Hall–Kier alpha value is -2.08. The maximum Gasteiger partial charge on any atom is 0.289 e. The molecule has 1 saturated heterocycles. The number of furan rings is 1. The lowest BCUT2D eigenvalue weighted by Crippen LogP contribution is -2.45. The number of rotatable bonds is 5. The van der Waals surface area contributed by atoms with E-state index in [0.29, 0.717) is 25.4 Å². The number of thiophene rings is 1. The number of hydrogen-bond donors (Lipinski definition) is 1. The standard InChI is InChI=1S/C18H22N2O3S/c1-2-14-7-8-15(24-14)11-19-17(21)13-5-3-9-20(12-13)18(22)16-6-4-10-23-16/h4,6-8,10,13H,2-3,5,9,11-12H2,1H3,(H,19,21)/t13-/m1/s1. The summed E-state index contributed by atoms with van der Waals surface area (Å²) in [5.41, 5.74) is 0. The van der Waals surface area contributed by atoms with E-state index in [1.165, 1.54) is 16.0 Å². The molecule has 0 unspecified atom stereocenters. The van der Waals surface area contributed by atoms with Crippen LogP contribution in [0.3, 0.4) is 0 Å². The molecule has 5 nitrogen and oxygen atoms in total. The minimum absolute atomic E-state index is 0.0263. The van der Waals surface area contributed by atoms with E-state index in [-0.39, 0.29) is 17.7 Å². The van der Waals surface area contributed by atoms with Gasteiger partial charge in [-0.25, -0.2) is 0 Å². The van der Waals surface area contributed by atoms with Gasteiger partial charge >= 0.3 is 0 Å². The molecule has 0 spiro atoms. The van der Waals surface area contributed by atoms with E-state index in [2.05, 4.69) is 24.4 Å². The first-order valence-electron chi connectivity index (χ1n) is 8.35. The lowest BCUT2D eigenvalue weighted by Gasteiger charge is -2.31. The van der Waals surface area contributed by atoms with E-state index in [0.717, 1.165) is 19.3 Å². The Balaban J connectivity index is 1.54. The number of amides is 2. The second kappa shape index (κ2) is 7.66. The fourth-order valence-corrected chi connectivity index (χ4v) is 3.86. The van der Waals surface area contributed by atoms with E-state index < -0.39 is 0 Å². The van der Waals surface area contributed by atoms with Gasteiger partial charge in [0.2, 0.25) is 5.91 Å². The van der Waals surface area contributed by atoms with Crippen LogP contribution in [-0.4, -0.2) is 29.8 Å². The Morgan fingerprint density at radius 3 is 2.88 bits per heavy atom. The number of nitrogens with zero attached hydrogens (tertiary/aromatic N) is 1. The Kier molecular flexibility index (Phi) is 5.35. The second-order valence-corrected chi connectivity index (χ2v) is 7.26. The molecule has 0 aliphatic carbocycles. The fourth-order valence-electron chi connectivity index (χ4n) is 2.96. The number of carbonyl (C=O) groups excluding carboxylic acids is 2. The SMILES string of the molecule is CCc1ccc(CNC(=O)[C@@H]2CCCN(C(=O)c3ccco3)C2)s1. The van der Waals surface area contributed by atoms with Crippen molar-refractivity contribution in [1.82, 2.24) is 10.2 Å². The fraction of sp³-hybridized carbons (Fsp3) is 0.444. The molecule has 3 heterocycles. The molecule has 0 radical (unpaired) electrons. The quantitative estimate of drug-likeness (QED) is 0.905. The van der Waals surface area contributed by atoms with Crippen LogP contribution in [-0.2, 0) is 17.8 Å². The third kappa shape index (κ3) is 3.87. The molecule has 1 atom stereocenters. The van der Waals surface area contributed by atoms with Gasteiger partial charge in [0.1, 0.15) is 0 Å². The topological polar surface area (TPSA) is 62.6 Å². The van der Waals surface area contributed by atoms with Crippen LogP contribution in [0.15, 0.2) is 34.9 Å². The smallest absolute Gasteiger partial charge is 0.289 e. The van der Waals surface area contributed by atoms with Gasteiger partial charge in [0.05, 0.1) is 18.7 Å². The van der Waals surface area contributed by atoms with Gasteiger partial charge in [-0.1, -0.05) is 6.92 Å². The largest absolute Gasteiger partial charge is 0.459 e. The summed E-state index contributed by atoms with van der Waals surface area (Å²) in [6.45, 7) is 3.82. The van der Waals surface area contributed by atoms with Crippen molar-refractivity contribution in [2.45, 2.75) is 32.7 Å². The molecule has 3 rings (SSSR count). The van der Waals surface area contributed by atoms with Crippen LogP contribution in [0.25, 0.3) is 0 Å². The predicted molar refractivity (Wildman–Crippen MR) is 92.9 cm³/mol. The zero-order chi connectivity index (χ0) is 16.9. The first-order chi connectivity index (χ1) is 11.7. The predicted octanol–water partition coefficient (Wildman–Crippen LogP) is 3.07. The van der Waals surface area contributed by atoms with Gasteiger partial charge in [-0.05, 0) is 43.5 Å². The summed E-state index contributed by atoms with van der Waals surface area (Å²) in [4.78, 5) is 29.0. The summed E-state index contributed by atoms with van der Waals surface area (Å²) in [6, 6.07) is 7.54. The molecule has 1 aliphatic rings. The molecule has 2 amide bonds. The zero-order valence-corrected chi connectivity index (χ0v) is 14.6. The summed E-state index contributed by atoms with van der Waals surface area (Å²) < 4.78 is 5.17. The Bertz CT molecular complexity index is 693. The van der Waals surface area contributed by atoms with Crippen molar-refractivity contribution in [3.63, 3.8) is 0 Å². The van der Waals surface area contributed by atoms with E-state index in [1.54, 1.807) is 28.4 Å². The van der Waals surface area contributed by atoms with E-state index in [1.807, 2.05) is 0 Å². The molecule has 1 N–H and O–H groups in total. The summed E-state index contributed by atoms with van der Waals surface area (Å²) in [7, 11) is 0. The first kappa shape index (κ1) is 16.8. The molecule has 0 saturated carbocycles. The van der Waals surface area contributed by atoms with E-state index in [4.69, 9.17) is 4.42 Å². The molecule has 2 aromatic rings. The number of carbonyl (C=O) groups is 2. The second-order valence-electron chi connectivity index (χ2n) is 6.01. The molecule has 2 aromatic heterocycles. The van der Waals surface area contributed by atoms with E-state index >= 15 is 0 Å². The molecule has 24 heavy (non-hydrogen) atoms. The highest BCUT2D eigenvalue weighted by Gasteiger charge is 2.29. The van der Waals surface area contributed by atoms with Gasteiger partial charge in [0, 0.05) is 22.8 Å². The summed E-state index contributed by atoms with van der Waals surface area (Å²) in [5.74, 6) is 0.0757. The van der Waals surface area contributed by atoms with Crippen LogP contribution in [0.2, 0.25) is 0 Å². The van der Waals surface area contributed by atoms with Gasteiger partial charge in [0.25, 0.3) is 5.91 Å². The summed E-state index contributed by atoms with van der Waals surface area (Å²) >= 11 is 1.73. The first-order valence-corrected chi connectivity index (χ1v) is 9.17. The highest BCUT2D eigenvalue weighted by molar-refractivity contribution is 7.11. The minimum Gasteiger partial charge on any atom is -0.459 e. The van der Waals surface area contributed by atoms with Crippen LogP contribution < -0.4 is 5.32 Å². The van der Waals surface area contributed by atoms with Crippen LogP contribution in [0.5, 0.6) is 0 Å². The van der Waals surface area contributed by atoms with Crippen LogP contribution in [0.1, 0.15) is 40.1 Å². The summed E-state index contributed by atoms with van der Waals surface area (Å²) in [5, 5.41) is 3.01. The van der Waals surface area contributed by atoms with Crippen molar-refractivity contribution < 1.29 is 14.0 Å². The highest BCUT2D eigenvalue weighted by atomic mass is 32.1. The zero-order valence-electron chi connectivity index (χ0n) is 13.8. The van der Waals surface area contributed by atoms with Crippen molar-refractivity contribution in [3.8, 4) is 0 Å². The third-order valence-corrected chi connectivity index (χ3v) is 5.54. The molecule has 1 fully saturated rings. The lowest BCUT2D eigenvalue weighted by molar-refractivity contribution is -0.126. The average Bonchev–Trinajstić information content (AvgIpc) is 3.30. The Labute approximate surface area is 145 Å². The average molecular weight is 346 g/mol. The highest BCUT2D eigenvalue weighted by Crippen LogP contribution is 2.20.